The topological polar surface area (TPSA) is 41.9 Å². The van der Waals surface area contributed by atoms with Crippen LogP contribution in [0.4, 0.5) is 23.2 Å². The van der Waals surface area contributed by atoms with Crippen LogP contribution in [0.3, 0.4) is 0 Å². The number of hydrogen-bond acceptors (Lipinski definition) is 3. The zero-order valence-electron chi connectivity index (χ0n) is 19.2. The molecule has 3 aromatic carbocycles. The summed E-state index contributed by atoms with van der Waals surface area (Å²) in [5.74, 6) is -0.742. The van der Waals surface area contributed by atoms with Gasteiger partial charge in [0.1, 0.15) is 5.82 Å². The largest absolute Gasteiger partial charge is 0.435 e. The van der Waals surface area contributed by atoms with Gasteiger partial charge in [0.05, 0.1) is 5.71 Å². The van der Waals surface area contributed by atoms with Gasteiger partial charge in [-0.05, 0) is 79.6 Å². The van der Waals surface area contributed by atoms with Gasteiger partial charge in [-0.15, -0.1) is 0 Å². The van der Waals surface area contributed by atoms with E-state index in [0.29, 0.717) is 28.9 Å². The minimum absolute atomic E-state index is 0.0403. The van der Waals surface area contributed by atoms with Crippen molar-refractivity contribution in [2.75, 3.05) is 11.4 Å². The summed E-state index contributed by atoms with van der Waals surface area (Å²) in [6, 6.07) is 13.8. The summed E-state index contributed by atoms with van der Waals surface area (Å²) in [7, 11) is 0. The third kappa shape index (κ3) is 4.80. The van der Waals surface area contributed by atoms with Crippen molar-refractivity contribution in [2.24, 2.45) is 5.16 Å². The number of carbonyl (C=O) groups excluding carboxylic acids is 1. The predicted molar refractivity (Wildman–Crippen MR) is 131 cm³/mol. The summed E-state index contributed by atoms with van der Waals surface area (Å²) in [6.45, 7) is 3.80. The normalized spacial score (nSPS) is 17.5. The minimum Gasteiger partial charge on any atom is -0.374 e. The van der Waals surface area contributed by atoms with Crippen molar-refractivity contribution in [3.63, 3.8) is 0 Å². The Morgan fingerprint density at radius 1 is 1.06 bits per heavy atom. The number of oxime groups is 1. The maximum Gasteiger partial charge on any atom is 0.435 e. The van der Waals surface area contributed by atoms with Crippen LogP contribution >= 0.6 is 23.2 Å². The lowest BCUT2D eigenvalue weighted by atomic mass is 9.86. The van der Waals surface area contributed by atoms with Crippen LogP contribution < -0.4 is 4.90 Å². The second-order valence-electron chi connectivity index (χ2n) is 8.34. The van der Waals surface area contributed by atoms with E-state index in [0.717, 1.165) is 12.1 Å². The van der Waals surface area contributed by atoms with Crippen molar-refractivity contribution < 1.29 is 27.2 Å². The van der Waals surface area contributed by atoms with E-state index in [2.05, 4.69) is 5.16 Å². The Labute approximate surface area is 215 Å². The third-order valence-electron chi connectivity index (χ3n) is 6.00. The second kappa shape index (κ2) is 9.75. The van der Waals surface area contributed by atoms with Crippen molar-refractivity contribution in [3.8, 4) is 0 Å². The Morgan fingerprint density at radius 2 is 1.69 bits per heavy atom. The maximum absolute atomic E-state index is 14.3. The number of rotatable bonds is 5. The molecule has 0 saturated heterocycles. The Balaban J connectivity index is 1.63. The van der Waals surface area contributed by atoms with Crippen molar-refractivity contribution in [1.82, 2.24) is 0 Å². The Kier molecular flexibility index (Phi) is 7.03. The highest BCUT2D eigenvalue weighted by molar-refractivity contribution is 6.34. The first-order chi connectivity index (χ1) is 16.9. The zero-order valence-corrected chi connectivity index (χ0v) is 20.7. The second-order valence-corrected chi connectivity index (χ2v) is 9.22. The van der Waals surface area contributed by atoms with Crippen molar-refractivity contribution in [1.29, 1.82) is 0 Å². The number of benzene rings is 3. The molecule has 0 aliphatic carbocycles. The quantitative estimate of drug-likeness (QED) is 0.312. The van der Waals surface area contributed by atoms with E-state index in [1.807, 2.05) is 0 Å². The molecule has 0 fully saturated rings. The molecule has 0 aromatic heterocycles. The molecule has 36 heavy (non-hydrogen) atoms. The number of amides is 1. The predicted octanol–water partition coefficient (Wildman–Crippen LogP) is 7.69. The average molecular weight is 539 g/mol. The standard InChI is InChI=1S/C26H20Cl2F4N2O2/c1-3-34(21-7-5-20(29)6-8-21)24(35)22-9-4-16(10-15(22)2)23-14-25(36-33-23,26(30,31)32)17-11-18(27)13-19(28)12-17/h4-13H,3,14H2,1-2H3. The molecule has 4 rings (SSSR count). The van der Waals surface area contributed by atoms with Crippen molar-refractivity contribution in [2.45, 2.75) is 32.0 Å². The van der Waals surface area contributed by atoms with E-state index in [9.17, 15) is 22.4 Å². The summed E-state index contributed by atoms with van der Waals surface area (Å²) < 4.78 is 56.1. The van der Waals surface area contributed by atoms with Crippen LogP contribution in [-0.4, -0.2) is 24.3 Å². The Bertz CT molecular complexity index is 1320. The smallest absolute Gasteiger partial charge is 0.374 e. The molecule has 3 aromatic rings. The molecule has 1 amide bonds. The average Bonchev–Trinajstić information content (AvgIpc) is 3.27. The van der Waals surface area contributed by atoms with E-state index >= 15 is 0 Å². The summed E-state index contributed by atoms with van der Waals surface area (Å²) >= 11 is 11.9. The first-order valence-electron chi connectivity index (χ1n) is 10.9. The first kappa shape index (κ1) is 26.0. The fourth-order valence-corrected chi connectivity index (χ4v) is 4.66. The number of aryl methyl sites for hydroxylation is 1. The molecular weight excluding hydrogens is 519 g/mol. The SMILES string of the molecule is CCN(C(=O)c1ccc(C2=NOC(c3cc(Cl)cc(Cl)c3)(C(F)(F)F)C2)cc1C)c1ccc(F)cc1. The highest BCUT2D eigenvalue weighted by Gasteiger charge is 2.62. The van der Waals surface area contributed by atoms with Gasteiger partial charge in [-0.2, -0.15) is 13.2 Å². The molecule has 1 unspecified atom stereocenters. The molecule has 10 heteroatoms. The van der Waals surface area contributed by atoms with Crippen LogP contribution in [0, 0.1) is 12.7 Å². The molecule has 1 aliphatic rings. The van der Waals surface area contributed by atoms with Gasteiger partial charge < -0.3 is 9.74 Å². The molecule has 1 heterocycles. The highest BCUT2D eigenvalue weighted by Crippen LogP contribution is 2.49. The fraction of sp³-hybridized carbons (Fsp3) is 0.231. The van der Waals surface area contributed by atoms with Crippen LogP contribution in [0.2, 0.25) is 10.0 Å². The number of hydrogen-bond donors (Lipinski definition) is 0. The lowest BCUT2D eigenvalue weighted by Crippen LogP contribution is -2.42. The molecule has 1 aliphatic heterocycles. The van der Waals surface area contributed by atoms with Gasteiger partial charge in [-0.1, -0.05) is 34.4 Å². The molecule has 0 N–H and O–H groups in total. The van der Waals surface area contributed by atoms with E-state index in [4.69, 9.17) is 28.0 Å². The van der Waals surface area contributed by atoms with Gasteiger partial charge in [-0.3, -0.25) is 4.79 Å². The number of anilines is 1. The fourth-order valence-electron chi connectivity index (χ4n) is 4.14. The molecule has 0 saturated carbocycles. The number of halogens is 6. The molecule has 4 nitrogen and oxygen atoms in total. The number of carbonyl (C=O) groups is 1. The molecule has 1 atom stereocenters. The van der Waals surface area contributed by atoms with Gasteiger partial charge in [0.15, 0.2) is 0 Å². The number of alkyl halides is 3. The molecule has 0 radical (unpaired) electrons. The molecular formula is C26H20Cl2F4N2O2. The van der Waals surface area contributed by atoms with Crippen molar-refractivity contribution >= 4 is 40.5 Å². The van der Waals surface area contributed by atoms with E-state index < -0.39 is 24.0 Å². The van der Waals surface area contributed by atoms with Gasteiger partial charge in [0, 0.05) is 39.8 Å². The van der Waals surface area contributed by atoms with Gasteiger partial charge in [0.2, 0.25) is 0 Å². The third-order valence-corrected chi connectivity index (χ3v) is 6.44. The summed E-state index contributed by atoms with van der Waals surface area (Å²) in [4.78, 5) is 19.7. The Morgan fingerprint density at radius 3 is 2.25 bits per heavy atom. The van der Waals surface area contributed by atoms with Gasteiger partial charge in [-0.25, -0.2) is 4.39 Å². The lowest BCUT2D eigenvalue weighted by Gasteiger charge is -2.29. The molecule has 0 spiro atoms. The first-order valence-corrected chi connectivity index (χ1v) is 11.7. The highest BCUT2D eigenvalue weighted by atomic mass is 35.5. The summed E-state index contributed by atoms with van der Waals surface area (Å²) in [5.41, 5.74) is -1.14. The monoisotopic (exact) mass is 538 g/mol. The van der Waals surface area contributed by atoms with Crippen LogP contribution in [0.15, 0.2) is 65.8 Å². The van der Waals surface area contributed by atoms with Crippen LogP contribution in [0.25, 0.3) is 0 Å². The van der Waals surface area contributed by atoms with Gasteiger partial charge >= 0.3 is 6.18 Å². The lowest BCUT2D eigenvalue weighted by molar-refractivity contribution is -0.275. The van der Waals surface area contributed by atoms with Crippen LogP contribution in [0.1, 0.15) is 40.4 Å². The van der Waals surface area contributed by atoms with E-state index in [1.54, 1.807) is 19.9 Å². The van der Waals surface area contributed by atoms with Crippen LogP contribution in [-0.2, 0) is 10.4 Å². The maximum atomic E-state index is 14.3. The zero-order chi connectivity index (χ0) is 26.3. The minimum atomic E-state index is -4.81. The summed E-state index contributed by atoms with van der Waals surface area (Å²) in [6.07, 6.45) is -5.41. The van der Waals surface area contributed by atoms with E-state index in [1.165, 1.54) is 47.4 Å². The molecule has 0 bridgehead atoms. The van der Waals surface area contributed by atoms with Crippen LogP contribution in [0.5, 0.6) is 0 Å². The molecule has 188 valence electrons. The Hall–Kier alpha value is -3.10. The van der Waals surface area contributed by atoms with E-state index in [-0.39, 0.29) is 27.2 Å². The number of nitrogens with zero attached hydrogens (tertiary/aromatic N) is 2. The summed E-state index contributed by atoms with van der Waals surface area (Å²) in [5, 5.41) is 3.84. The van der Waals surface area contributed by atoms with Gasteiger partial charge in [0.25, 0.3) is 11.5 Å². The van der Waals surface area contributed by atoms with Crippen molar-refractivity contribution in [3.05, 3.63) is 98.8 Å².